The molecule has 0 fully saturated rings. The predicted molar refractivity (Wildman–Crippen MR) is 53.3 cm³/mol. The largest absolute Gasteiger partial charge is 0.478 e. The quantitative estimate of drug-likeness (QED) is 0.401. The Morgan fingerprint density at radius 1 is 1.38 bits per heavy atom. The third-order valence-electron chi connectivity index (χ3n) is 1.48. The second-order valence-electron chi connectivity index (χ2n) is 2.74. The Labute approximate surface area is 79.7 Å². The van der Waals surface area contributed by atoms with Crippen molar-refractivity contribution in [1.82, 2.24) is 0 Å². The molecule has 72 valence electrons. The van der Waals surface area contributed by atoms with Crippen LogP contribution in [0.25, 0.3) is 0 Å². The summed E-state index contributed by atoms with van der Waals surface area (Å²) in [5.74, 6) is 5.15. The molecule has 0 spiro atoms. The molecule has 0 aromatic carbocycles. The number of rotatable bonds is 5. The fraction of sp³-hybridized carbons (Fsp3) is 0.545. The van der Waals surface area contributed by atoms with Gasteiger partial charge in [-0.25, -0.2) is 4.79 Å². The van der Waals surface area contributed by atoms with Crippen molar-refractivity contribution in [2.45, 2.75) is 39.0 Å². The molecule has 0 amide bonds. The minimum Gasteiger partial charge on any atom is -0.478 e. The molecule has 0 aromatic heterocycles. The van der Waals surface area contributed by atoms with Crippen molar-refractivity contribution in [2.24, 2.45) is 0 Å². The summed E-state index contributed by atoms with van der Waals surface area (Å²) in [4.78, 5) is 10.1. The zero-order valence-corrected chi connectivity index (χ0v) is 8.05. The van der Waals surface area contributed by atoms with E-state index >= 15 is 0 Å². The number of hydrogen-bond donors (Lipinski definition) is 1. The third kappa shape index (κ3) is 10.8. The van der Waals surface area contributed by atoms with E-state index in [0.29, 0.717) is 0 Å². The molecule has 0 aliphatic heterocycles. The molecule has 0 rings (SSSR count). The summed E-state index contributed by atoms with van der Waals surface area (Å²) < 4.78 is 0. The second-order valence-corrected chi connectivity index (χ2v) is 2.74. The van der Waals surface area contributed by atoms with Gasteiger partial charge in [-0.3, -0.25) is 0 Å². The van der Waals surface area contributed by atoms with E-state index in [1.807, 2.05) is 0 Å². The maximum atomic E-state index is 10.1. The summed E-state index contributed by atoms with van der Waals surface area (Å²) in [5, 5.41) is 8.26. The molecule has 0 radical (unpaired) electrons. The molecule has 13 heavy (non-hydrogen) atoms. The molecule has 0 heterocycles. The smallest absolute Gasteiger partial charge is 0.327 e. The van der Waals surface area contributed by atoms with Gasteiger partial charge in [-0.1, -0.05) is 19.4 Å². The van der Waals surface area contributed by atoms with Crippen molar-refractivity contribution in [1.29, 1.82) is 0 Å². The lowest BCUT2D eigenvalue weighted by Crippen LogP contribution is -1.85. The lowest BCUT2D eigenvalue weighted by Gasteiger charge is -1.84. The highest BCUT2D eigenvalue weighted by Gasteiger charge is 1.83. The summed E-state index contributed by atoms with van der Waals surface area (Å²) in [6.07, 6.45) is 7.56. The summed E-state index contributed by atoms with van der Waals surface area (Å²) in [6, 6.07) is 0. The third-order valence-corrected chi connectivity index (χ3v) is 1.48. The first-order chi connectivity index (χ1) is 6.27. The number of aliphatic carboxylic acids is 1. The molecule has 2 nitrogen and oxygen atoms in total. The monoisotopic (exact) mass is 180 g/mol. The highest BCUT2D eigenvalue weighted by Crippen LogP contribution is 1.93. The Bertz CT molecular complexity index is 218. The molecule has 0 bridgehead atoms. The van der Waals surface area contributed by atoms with Crippen LogP contribution >= 0.6 is 0 Å². The molecule has 0 aromatic rings. The van der Waals surface area contributed by atoms with Crippen molar-refractivity contribution >= 4 is 5.97 Å². The Morgan fingerprint density at radius 2 is 2.08 bits per heavy atom. The van der Waals surface area contributed by atoms with Gasteiger partial charge < -0.3 is 5.11 Å². The maximum absolute atomic E-state index is 10.1. The highest BCUT2D eigenvalue weighted by atomic mass is 16.4. The Morgan fingerprint density at radius 3 is 2.69 bits per heavy atom. The van der Waals surface area contributed by atoms with Gasteiger partial charge in [-0.15, -0.1) is 11.8 Å². The van der Waals surface area contributed by atoms with E-state index in [-0.39, 0.29) is 0 Å². The zero-order valence-electron chi connectivity index (χ0n) is 8.05. The van der Waals surface area contributed by atoms with E-state index < -0.39 is 5.97 Å². The van der Waals surface area contributed by atoms with Crippen LogP contribution in [0.3, 0.4) is 0 Å². The van der Waals surface area contributed by atoms with Crippen molar-refractivity contribution in [3.05, 3.63) is 12.2 Å². The minimum absolute atomic E-state index is 0.728. The van der Waals surface area contributed by atoms with Crippen molar-refractivity contribution in [3.63, 3.8) is 0 Å². The Kier molecular flexibility index (Phi) is 8.02. The van der Waals surface area contributed by atoms with Crippen molar-refractivity contribution in [2.75, 3.05) is 0 Å². The van der Waals surface area contributed by atoms with Crippen LogP contribution in [-0.4, -0.2) is 11.1 Å². The Hall–Kier alpha value is -1.23. The maximum Gasteiger partial charge on any atom is 0.327 e. The fourth-order valence-electron chi connectivity index (χ4n) is 0.782. The normalized spacial score (nSPS) is 9.62. The van der Waals surface area contributed by atoms with E-state index in [4.69, 9.17) is 5.11 Å². The van der Waals surface area contributed by atoms with Gasteiger partial charge in [-0.05, 0) is 12.8 Å². The van der Waals surface area contributed by atoms with Gasteiger partial charge in [0, 0.05) is 18.9 Å². The van der Waals surface area contributed by atoms with Crippen LogP contribution in [0.2, 0.25) is 0 Å². The second kappa shape index (κ2) is 8.86. The van der Waals surface area contributed by atoms with Gasteiger partial charge in [-0.2, -0.15) is 0 Å². The zero-order chi connectivity index (χ0) is 9.94. The standard InChI is InChI=1S/C11H16O2/c1-2-3-4-5-6-7-8-9-10-11(12)13/h9-10H,2-4,7-8H2,1H3,(H,12,13)/b10-9+. The molecule has 0 aliphatic rings. The Balaban J connectivity index is 3.32. The first-order valence-electron chi connectivity index (χ1n) is 4.62. The summed E-state index contributed by atoms with van der Waals surface area (Å²) in [6.45, 7) is 2.14. The minimum atomic E-state index is -0.890. The van der Waals surface area contributed by atoms with Gasteiger partial charge in [0.25, 0.3) is 0 Å². The van der Waals surface area contributed by atoms with E-state index in [2.05, 4.69) is 18.8 Å². The first-order valence-corrected chi connectivity index (χ1v) is 4.62. The van der Waals surface area contributed by atoms with Gasteiger partial charge >= 0.3 is 5.97 Å². The average Bonchev–Trinajstić information content (AvgIpc) is 2.09. The number of hydrogen-bond acceptors (Lipinski definition) is 1. The number of carboxylic acid groups (broad SMARTS) is 1. The van der Waals surface area contributed by atoms with Crippen LogP contribution in [0.4, 0.5) is 0 Å². The molecule has 1 N–H and O–H groups in total. The van der Waals surface area contributed by atoms with E-state index in [9.17, 15) is 4.79 Å². The van der Waals surface area contributed by atoms with Crippen LogP contribution in [0, 0.1) is 11.8 Å². The summed E-state index contributed by atoms with van der Waals surface area (Å²) in [5.41, 5.74) is 0. The van der Waals surface area contributed by atoms with Crippen LogP contribution in [0.15, 0.2) is 12.2 Å². The number of carboxylic acids is 1. The number of allylic oxidation sites excluding steroid dienone is 1. The fourth-order valence-corrected chi connectivity index (χ4v) is 0.782. The molecular formula is C11H16O2. The first kappa shape index (κ1) is 11.8. The van der Waals surface area contributed by atoms with Crippen LogP contribution in [0.5, 0.6) is 0 Å². The lowest BCUT2D eigenvalue weighted by atomic mass is 10.2. The van der Waals surface area contributed by atoms with Gasteiger partial charge in [0.05, 0.1) is 0 Å². The molecular weight excluding hydrogens is 164 g/mol. The van der Waals surface area contributed by atoms with Crippen molar-refractivity contribution in [3.8, 4) is 11.8 Å². The van der Waals surface area contributed by atoms with Gasteiger partial charge in [0.15, 0.2) is 0 Å². The van der Waals surface area contributed by atoms with E-state index in [1.165, 1.54) is 6.42 Å². The van der Waals surface area contributed by atoms with E-state index in [0.717, 1.165) is 31.8 Å². The van der Waals surface area contributed by atoms with Crippen LogP contribution in [0.1, 0.15) is 39.0 Å². The topological polar surface area (TPSA) is 37.3 Å². The molecule has 0 unspecified atom stereocenters. The predicted octanol–water partition coefficient (Wildman–Crippen LogP) is 2.60. The van der Waals surface area contributed by atoms with E-state index in [1.54, 1.807) is 6.08 Å². The van der Waals surface area contributed by atoms with Gasteiger partial charge in [0.1, 0.15) is 0 Å². The van der Waals surface area contributed by atoms with Crippen LogP contribution in [-0.2, 0) is 4.79 Å². The molecule has 0 saturated carbocycles. The molecule has 0 aliphatic carbocycles. The molecule has 0 atom stereocenters. The van der Waals surface area contributed by atoms with Crippen LogP contribution < -0.4 is 0 Å². The highest BCUT2D eigenvalue weighted by molar-refractivity contribution is 5.79. The summed E-state index contributed by atoms with van der Waals surface area (Å²) >= 11 is 0. The van der Waals surface area contributed by atoms with Crippen molar-refractivity contribution < 1.29 is 9.90 Å². The average molecular weight is 180 g/mol. The number of carbonyl (C=O) groups is 1. The summed E-state index contributed by atoms with van der Waals surface area (Å²) in [7, 11) is 0. The van der Waals surface area contributed by atoms with Gasteiger partial charge in [0.2, 0.25) is 0 Å². The number of unbranched alkanes of at least 4 members (excludes halogenated alkanes) is 3. The lowest BCUT2D eigenvalue weighted by molar-refractivity contribution is -0.131. The molecule has 0 saturated heterocycles. The molecule has 2 heteroatoms. The SMILES string of the molecule is CCCCC#CCC/C=C/C(=O)O.